The average molecular weight is 207 g/mol. The van der Waals surface area contributed by atoms with Crippen molar-refractivity contribution in [3.05, 3.63) is 0 Å². The monoisotopic (exact) mass is 206 g/mol. The molecular formula is C9H19Br. The van der Waals surface area contributed by atoms with Crippen molar-refractivity contribution in [2.24, 2.45) is 11.8 Å². The predicted molar refractivity (Wildman–Crippen MR) is 51.6 cm³/mol. The molecule has 0 heterocycles. The molecule has 0 saturated heterocycles. The normalized spacial score (nSPS) is 16.8. The summed E-state index contributed by atoms with van der Waals surface area (Å²) < 4.78 is 0. The number of hydrogen-bond donors (Lipinski definition) is 0. The first-order valence-electron chi connectivity index (χ1n) is 4.32. The van der Waals surface area contributed by atoms with Gasteiger partial charge in [-0.25, -0.2) is 0 Å². The first kappa shape index (κ1) is 10.5. The largest absolute Gasteiger partial charge is 0.0925 e. The van der Waals surface area contributed by atoms with Crippen LogP contribution in [0.15, 0.2) is 0 Å². The molecule has 0 spiro atoms. The Morgan fingerprint density at radius 3 is 2.20 bits per heavy atom. The van der Waals surface area contributed by atoms with E-state index in [4.69, 9.17) is 0 Å². The minimum Gasteiger partial charge on any atom is -0.0925 e. The predicted octanol–water partition coefficient (Wildman–Crippen LogP) is 3.84. The van der Waals surface area contributed by atoms with Gasteiger partial charge in [-0.1, -0.05) is 49.5 Å². The smallest absolute Gasteiger partial charge is 0.00622 e. The minimum atomic E-state index is 0.888. The molecule has 2 unspecified atom stereocenters. The number of alkyl halides is 1. The van der Waals surface area contributed by atoms with Crippen LogP contribution >= 0.6 is 15.9 Å². The van der Waals surface area contributed by atoms with E-state index < -0.39 is 0 Å². The van der Waals surface area contributed by atoms with Crippen molar-refractivity contribution in [1.82, 2.24) is 0 Å². The van der Waals surface area contributed by atoms with E-state index in [1.807, 2.05) is 0 Å². The molecule has 10 heavy (non-hydrogen) atoms. The molecule has 0 nitrogen and oxygen atoms in total. The lowest BCUT2D eigenvalue weighted by molar-refractivity contribution is 0.360. The molecule has 0 radical (unpaired) electrons. The van der Waals surface area contributed by atoms with Crippen LogP contribution < -0.4 is 0 Å². The molecule has 0 aliphatic heterocycles. The molecule has 1 heteroatoms. The SMILES string of the molecule is CCCC(CBr)C(C)CC. The third kappa shape index (κ3) is 3.60. The first-order chi connectivity index (χ1) is 4.76. The van der Waals surface area contributed by atoms with E-state index in [0.717, 1.165) is 11.8 Å². The van der Waals surface area contributed by atoms with Crippen molar-refractivity contribution in [2.75, 3.05) is 5.33 Å². The maximum atomic E-state index is 3.56. The highest BCUT2D eigenvalue weighted by atomic mass is 79.9. The Morgan fingerprint density at radius 1 is 1.30 bits per heavy atom. The summed E-state index contributed by atoms with van der Waals surface area (Å²) in [4.78, 5) is 0. The Labute approximate surface area is 73.5 Å². The molecule has 0 aromatic heterocycles. The van der Waals surface area contributed by atoms with Gasteiger partial charge in [0, 0.05) is 5.33 Å². The van der Waals surface area contributed by atoms with E-state index in [2.05, 4.69) is 36.7 Å². The number of rotatable bonds is 5. The molecular weight excluding hydrogens is 188 g/mol. The van der Waals surface area contributed by atoms with Gasteiger partial charge >= 0.3 is 0 Å². The zero-order chi connectivity index (χ0) is 7.98. The van der Waals surface area contributed by atoms with Crippen molar-refractivity contribution in [3.63, 3.8) is 0 Å². The summed E-state index contributed by atoms with van der Waals surface area (Å²) in [6.07, 6.45) is 4.01. The quantitative estimate of drug-likeness (QED) is 0.601. The van der Waals surface area contributed by atoms with Gasteiger partial charge < -0.3 is 0 Å². The van der Waals surface area contributed by atoms with E-state index >= 15 is 0 Å². The zero-order valence-electron chi connectivity index (χ0n) is 7.36. The van der Waals surface area contributed by atoms with Crippen LogP contribution in [0.4, 0.5) is 0 Å². The molecule has 0 saturated carbocycles. The Kier molecular flexibility index (Phi) is 6.50. The molecule has 0 aliphatic carbocycles. The molecule has 0 bridgehead atoms. The fourth-order valence-corrected chi connectivity index (χ4v) is 2.18. The maximum Gasteiger partial charge on any atom is 0.00622 e. The van der Waals surface area contributed by atoms with Gasteiger partial charge in [-0.3, -0.25) is 0 Å². The summed E-state index contributed by atoms with van der Waals surface area (Å²) in [5, 5.41) is 1.18. The van der Waals surface area contributed by atoms with Crippen molar-refractivity contribution in [1.29, 1.82) is 0 Å². The van der Waals surface area contributed by atoms with Gasteiger partial charge in [-0.05, 0) is 18.3 Å². The van der Waals surface area contributed by atoms with Crippen LogP contribution in [-0.4, -0.2) is 5.33 Å². The van der Waals surface area contributed by atoms with Crippen molar-refractivity contribution in [2.45, 2.75) is 40.0 Å². The van der Waals surface area contributed by atoms with E-state index in [-0.39, 0.29) is 0 Å². The van der Waals surface area contributed by atoms with Crippen LogP contribution in [0, 0.1) is 11.8 Å². The standard InChI is InChI=1S/C9H19Br/c1-4-6-9(7-10)8(3)5-2/h8-9H,4-7H2,1-3H3. The fourth-order valence-electron chi connectivity index (χ4n) is 1.22. The second-order valence-electron chi connectivity index (χ2n) is 3.09. The third-order valence-electron chi connectivity index (χ3n) is 2.31. The number of halogens is 1. The van der Waals surface area contributed by atoms with Gasteiger partial charge in [0.1, 0.15) is 0 Å². The Balaban J connectivity index is 3.56. The van der Waals surface area contributed by atoms with Crippen LogP contribution in [-0.2, 0) is 0 Å². The highest BCUT2D eigenvalue weighted by molar-refractivity contribution is 9.09. The number of hydrogen-bond acceptors (Lipinski definition) is 0. The lowest BCUT2D eigenvalue weighted by Gasteiger charge is -2.19. The van der Waals surface area contributed by atoms with Crippen LogP contribution in [0.2, 0.25) is 0 Å². The summed E-state index contributed by atoms with van der Waals surface area (Å²) in [6.45, 7) is 6.88. The van der Waals surface area contributed by atoms with E-state index in [9.17, 15) is 0 Å². The van der Waals surface area contributed by atoms with Crippen molar-refractivity contribution < 1.29 is 0 Å². The Hall–Kier alpha value is 0.480. The van der Waals surface area contributed by atoms with Gasteiger partial charge in [0.2, 0.25) is 0 Å². The van der Waals surface area contributed by atoms with Crippen molar-refractivity contribution in [3.8, 4) is 0 Å². The van der Waals surface area contributed by atoms with Gasteiger partial charge in [0.25, 0.3) is 0 Å². The molecule has 0 rings (SSSR count). The van der Waals surface area contributed by atoms with Crippen LogP contribution in [0.1, 0.15) is 40.0 Å². The molecule has 0 fully saturated rings. The molecule has 2 atom stereocenters. The Morgan fingerprint density at radius 2 is 1.90 bits per heavy atom. The van der Waals surface area contributed by atoms with E-state index in [0.29, 0.717) is 0 Å². The van der Waals surface area contributed by atoms with Gasteiger partial charge in [0.05, 0.1) is 0 Å². The summed E-state index contributed by atoms with van der Waals surface area (Å²) in [6, 6.07) is 0. The van der Waals surface area contributed by atoms with Crippen LogP contribution in [0.5, 0.6) is 0 Å². The summed E-state index contributed by atoms with van der Waals surface area (Å²) in [7, 11) is 0. The third-order valence-corrected chi connectivity index (χ3v) is 3.14. The molecule has 0 amide bonds. The lowest BCUT2D eigenvalue weighted by Crippen LogP contribution is -2.11. The fraction of sp³-hybridized carbons (Fsp3) is 1.00. The summed E-state index contributed by atoms with van der Waals surface area (Å²) in [5.41, 5.74) is 0. The molecule has 0 aromatic carbocycles. The van der Waals surface area contributed by atoms with Gasteiger partial charge in [-0.2, -0.15) is 0 Å². The second kappa shape index (κ2) is 6.21. The average Bonchev–Trinajstić information content (AvgIpc) is 1.99. The van der Waals surface area contributed by atoms with Crippen LogP contribution in [0.25, 0.3) is 0 Å². The van der Waals surface area contributed by atoms with Crippen LogP contribution in [0.3, 0.4) is 0 Å². The topological polar surface area (TPSA) is 0 Å². The molecule has 62 valence electrons. The van der Waals surface area contributed by atoms with Gasteiger partial charge in [0.15, 0.2) is 0 Å². The highest BCUT2D eigenvalue weighted by Crippen LogP contribution is 2.21. The first-order valence-corrected chi connectivity index (χ1v) is 5.44. The summed E-state index contributed by atoms with van der Waals surface area (Å²) >= 11 is 3.56. The Bertz CT molecular complexity index is 71.1. The van der Waals surface area contributed by atoms with Crippen molar-refractivity contribution >= 4 is 15.9 Å². The molecule has 0 N–H and O–H groups in total. The van der Waals surface area contributed by atoms with E-state index in [1.54, 1.807) is 0 Å². The zero-order valence-corrected chi connectivity index (χ0v) is 8.95. The maximum absolute atomic E-state index is 3.56. The van der Waals surface area contributed by atoms with E-state index in [1.165, 1.54) is 24.6 Å². The second-order valence-corrected chi connectivity index (χ2v) is 3.74. The highest BCUT2D eigenvalue weighted by Gasteiger charge is 2.12. The lowest BCUT2D eigenvalue weighted by atomic mass is 9.90. The molecule has 0 aliphatic rings. The summed E-state index contributed by atoms with van der Waals surface area (Å²) in [5.74, 6) is 1.79. The minimum absolute atomic E-state index is 0.888. The molecule has 0 aromatic rings. The van der Waals surface area contributed by atoms with Gasteiger partial charge in [-0.15, -0.1) is 0 Å².